The van der Waals surface area contributed by atoms with Gasteiger partial charge in [0.15, 0.2) is 0 Å². The Kier molecular flexibility index (Phi) is 5.76. The van der Waals surface area contributed by atoms with Crippen molar-refractivity contribution >= 4 is 29.1 Å². The first-order valence-corrected chi connectivity index (χ1v) is 10.4. The van der Waals surface area contributed by atoms with Crippen LogP contribution in [0.15, 0.2) is 24.3 Å². The molecule has 0 aliphatic carbocycles. The third-order valence-corrected chi connectivity index (χ3v) is 5.84. The normalized spacial score (nSPS) is 14.4. The van der Waals surface area contributed by atoms with E-state index in [1.807, 2.05) is 28.4 Å². The predicted octanol–water partition coefficient (Wildman–Crippen LogP) is 2.55. The Hall–Kier alpha value is -2.87. The minimum Gasteiger partial charge on any atom is -0.497 e. The molecular formula is C21H25ClN6O2. The number of benzene rings is 1. The number of piperazine rings is 1. The molecule has 30 heavy (non-hydrogen) atoms. The van der Waals surface area contributed by atoms with Crippen LogP contribution in [0.2, 0.25) is 5.02 Å². The summed E-state index contributed by atoms with van der Waals surface area (Å²) in [6.07, 6.45) is 1.09. The molecule has 158 valence electrons. The van der Waals surface area contributed by atoms with Gasteiger partial charge in [0.2, 0.25) is 5.91 Å². The first-order valence-electron chi connectivity index (χ1n) is 10.1. The van der Waals surface area contributed by atoms with E-state index in [0.29, 0.717) is 29.6 Å². The molecule has 0 atom stereocenters. The van der Waals surface area contributed by atoms with E-state index in [1.54, 1.807) is 13.2 Å². The smallest absolute Gasteiger partial charge is 0.257 e. The maximum Gasteiger partial charge on any atom is 0.257 e. The number of anilines is 1. The van der Waals surface area contributed by atoms with Gasteiger partial charge in [0.1, 0.15) is 17.4 Å². The summed E-state index contributed by atoms with van der Waals surface area (Å²) in [5, 5.41) is 8.97. The SMILES string of the molecule is CCc1nnc2nc(N3CCN(C(=O)Cc4ccc(OC)cc4Cl)CC3)cc(C)n12. The number of carbonyl (C=O) groups is 1. The molecule has 4 rings (SSSR count). The van der Waals surface area contributed by atoms with Crippen LogP contribution < -0.4 is 9.64 Å². The Morgan fingerprint density at radius 2 is 1.93 bits per heavy atom. The van der Waals surface area contributed by atoms with Crippen LogP contribution in [0, 0.1) is 6.92 Å². The van der Waals surface area contributed by atoms with Crippen LogP contribution in [0.3, 0.4) is 0 Å². The molecule has 9 heteroatoms. The van der Waals surface area contributed by atoms with E-state index in [0.717, 1.165) is 42.4 Å². The van der Waals surface area contributed by atoms with Gasteiger partial charge in [0.05, 0.1) is 13.5 Å². The van der Waals surface area contributed by atoms with Gasteiger partial charge in [0.25, 0.3) is 5.78 Å². The van der Waals surface area contributed by atoms with E-state index in [-0.39, 0.29) is 12.3 Å². The van der Waals surface area contributed by atoms with Gasteiger partial charge < -0.3 is 14.5 Å². The Balaban J connectivity index is 1.41. The summed E-state index contributed by atoms with van der Waals surface area (Å²) >= 11 is 6.29. The third kappa shape index (κ3) is 3.92. The van der Waals surface area contributed by atoms with Crippen molar-refractivity contribution < 1.29 is 9.53 Å². The standard InChI is InChI=1S/C21H25ClN6O2/c1-4-18-24-25-21-23-19(11-14(2)28(18)21)26-7-9-27(10-8-26)20(29)12-15-5-6-16(30-3)13-17(15)22/h5-6,11,13H,4,7-10,12H2,1-3H3. The lowest BCUT2D eigenvalue weighted by Crippen LogP contribution is -2.49. The molecule has 2 aromatic heterocycles. The molecule has 1 aromatic carbocycles. The summed E-state index contributed by atoms with van der Waals surface area (Å²) in [6.45, 7) is 6.83. The number of fused-ring (bicyclic) bond motifs is 1. The number of hydrogen-bond donors (Lipinski definition) is 0. The van der Waals surface area contributed by atoms with Crippen molar-refractivity contribution in [2.45, 2.75) is 26.7 Å². The average molecular weight is 429 g/mol. The van der Waals surface area contributed by atoms with Crippen molar-refractivity contribution in [3.8, 4) is 5.75 Å². The number of aryl methyl sites for hydroxylation is 2. The van der Waals surface area contributed by atoms with Crippen molar-refractivity contribution in [2.75, 3.05) is 38.2 Å². The van der Waals surface area contributed by atoms with E-state index in [1.165, 1.54) is 0 Å². The average Bonchev–Trinajstić information content (AvgIpc) is 3.19. The number of aromatic nitrogens is 4. The molecule has 0 bridgehead atoms. The highest BCUT2D eigenvalue weighted by Crippen LogP contribution is 2.24. The zero-order valence-corrected chi connectivity index (χ0v) is 18.2. The molecule has 0 N–H and O–H groups in total. The number of amides is 1. The maximum atomic E-state index is 12.8. The molecule has 1 fully saturated rings. The van der Waals surface area contributed by atoms with Gasteiger partial charge >= 0.3 is 0 Å². The van der Waals surface area contributed by atoms with Crippen LogP contribution in [0.25, 0.3) is 5.78 Å². The van der Waals surface area contributed by atoms with Gasteiger partial charge in [-0.15, -0.1) is 10.2 Å². The molecule has 1 saturated heterocycles. The van der Waals surface area contributed by atoms with Gasteiger partial charge in [0, 0.05) is 49.4 Å². The van der Waals surface area contributed by atoms with Crippen LogP contribution >= 0.6 is 11.6 Å². The minimum absolute atomic E-state index is 0.0753. The largest absolute Gasteiger partial charge is 0.497 e. The van der Waals surface area contributed by atoms with Crippen LogP contribution in [0.1, 0.15) is 24.0 Å². The van der Waals surface area contributed by atoms with Crippen molar-refractivity contribution in [3.05, 3.63) is 46.4 Å². The Morgan fingerprint density at radius 3 is 2.60 bits per heavy atom. The molecular weight excluding hydrogens is 404 g/mol. The van der Waals surface area contributed by atoms with Gasteiger partial charge in [-0.1, -0.05) is 24.6 Å². The Morgan fingerprint density at radius 1 is 1.17 bits per heavy atom. The highest BCUT2D eigenvalue weighted by atomic mass is 35.5. The van der Waals surface area contributed by atoms with E-state index < -0.39 is 0 Å². The summed E-state index contributed by atoms with van der Waals surface area (Å²) < 4.78 is 7.15. The number of rotatable bonds is 5. The number of nitrogens with zero attached hydrogens (tertiary/aromatic N) is 6. The Bertz CT molecular complexity index is 1070. The molecule has 1 amide bonds. The van der Waals surface area contributed by atoms with Crippen LogP contribution in [-0.2, 0) is 17.6 Å². The summed E-state index contributed by atoms with van der Waals surface area (Å²) in [4.78, 5) is 21.5. The highest BCUT2D eigenvalue weighted by molar-refractivity contribution is 6.31. The number of halogens is 1. The lowest BCUT2D eigenvalue weighted by Gasteiger charge is -2.35. The zero-order valence-electron chi connectivity index (χ0n) is 17.4. The van der Waals surface area contributed by atoms with Gasteiger partial charge in [-0.3, -0.25) is 9.20 Å². The molecule has 1 aliphatic rings. The summed E-state index contributed by atoms with van der Waals surface area (Å²) in [5.41, 5.74) is 1.87. The molecule has 3 heterocycles. The Labute approximate surface area is 180 Å². The lowest BCUT2D eigenvalue weighted by atomic mass is 10.1. The second-order valence-corrected chi connectivity index (χ2v) is 7.77. The maximum absolute atomic E-state index is 12.8. The van der Waals surface area contributed by atoms with Crippen molar-refractivity contribution in [1.29, 1.82) is 0 Å². The fourth-order valence-electron chi connectivity index (χ4n) is 3.78. The first kappa shape index (κ1) is 20.4. The van der Waals surface area contributed by atoms with Crippen molar-refractivity contribution in [1.82, 2.24) is 24.5 Å². The second-order valence-electron chi connectivity index (χ2n) is 7.36. The predicted molar refractivity (Wildman–Crippen MR) is 115 cm³/mol. The fraction of sp³-hybridized carbons (Fsp3) is 0.429. The van der Waals surface area contributed by atoms with Crippen LogP contribution in [-0.4, -0.2) is 63.7 Å². The molecule has 0 unspecified atom stereocenters. The lowest BCUT2D eigenvalue weighted by molar-refractivity contribution is -0.130. The van der Waals surface area contributed by atoms with Crippen molar-refractivity contribution in [2.24, 2.45) is 0 Å². The van der Waals surface area contributed by atoms with Crippen LogP contribution in [0.4, 0.5) is 5.82 Å². The topological polar surface area (TPSA) is 75.9 Å². The van der Waals surface area contributed by atoms with Crippen LogP contribution in [0.5, 0.6) is 5.75 Å². The van der Waals surface area contributed by atoms with Gasteiger partial charge in [-0.25, -0.2) is 0 Å². The van der Waals surface area contributed by atoms with E-state index >= 15 is 0 Å². The summed E-state index contributed by atoms with van der Waals surface area (Å²) in [5.74, 6) is 3.17. The van der Waals surface area contributed by atoms with E-state index in [2.05, 4.69) is 33.1 Å². The quantitative estimate of drug-likeness (QED) is 0.621. The highest BCUT2D eigenvalue weighted by Gasteiger charge is 2.23. The van der Waals surface area contributed by atoms with Gasteiger partial charge in [-0.2, -0.15) is 4.98 Å². The molecule has 1 aliphatic heterocycles. The summed E-state index contributed by atoms with van der Waals surface area (Å²) in [7, 11) is 1.59. The molecule has 0 spiro atoms. The van der Waals surface area contributed by atoms with E-state index in [9.17, 15) is 4.79 Å². The third-order valence-electron chi connectivity index (χ3n) is 5.49. The molecule has 8 nitrogen and oxygen atoms in total. The van der Waals surface area contributed by atoms with Crippen molar-refractivity contribution in [3.63, 3.8) is 0 Å². The second kappa shape index (κ2) is 8.47. The minimum atomic E-state index is 0.0753. The number of hydrogen-bond acceptors (Lipinski definition) is 6. The van der Waals surface area contributed by atoms with Gasteiger partial charge in [-0.05, 0) is 24.6 Å². The number of carbonyl (C=O) groups excluding carboxylic acids is 1. The first-order chi connectivity index (χ1) is 14.5. The fourth-order valence-corrected chi connectivity index (χ4v) is 4.01. The molecule has 0 radical (unpaired) electrons. The molecule has 0 saturated carbocycles. The van der Waals surface area contributed by atoms with E-state index in [4.69, 9.17) is 16.3 Å². The number of ether oxygens (including phenoxy) is 1. The zero-order chi connectivity index (χ0) is 21.3. The number of methoxy groups -OCH3 is 1. The molecule has 3 aromatic rings. The summed E-state index contributed by atoms with van der Waals surface area (Å²) in [6, 6.07) is 7.47. The monoisotopic (exact) mass is 428 g/mol.